The lowest BCUT2D eigenvalue weighted by Gasteiger charge is -2.34. The molecular weight excluding hydrogens is 184 g/mol. The van der Waals surface area contributed by atoms with Crippen LogP contribution in [-0.2, 0) is 0 Å². The summed E-state index contributed by atoms with van der Waals surface area (Å²) in [5.74, 6) is 1.74. The van der Waals surface area contributed by atoms with Crippen LogP contribution in [0, 0.1) is 11.8 Å². The van der Waals surface area contributed by atoms with E-state index in [4.69, 9.17) is 5.73 Å². The van der Waals surface area contributed by atoms with Gasteiger partial charge < -0.3 is 10.6 Å². The molecule has 2 fully saturated rings. The summed E-state index contributed by atoms with van der Waals surface area (Å²) in [7, 11) is 2.28. The van der Waals surface area contributed by atoms with Gasteiger partial charge in [-0.05, 0) is 51.5 Å². The Bertz CT molecular complexity index is 201. The van der Waals surface area contributed by atoms with Gasteiger partial charge in [0.15, 0.2) is 0 Å². The molecule has 3 atom stereocenters. The lowest BCUT2D eigenvalue weighted by molar-refractivity contribution is 0.164. The standard InChI is InChI=1S/C13H26N2/c1-10(11-7-8-11)15(2)9-12-5-3-4-6-13(12)14/h10-13H,3-9,14H2,1-2H3. The average Bonchev–Trinajstić information content (AvgIpc) is 3.04. The highest BCUT2D eigenvalue weighted by Gasteiger charge is 2.32. The van der Waals surface area contributed by atoms with Crippen molar-refractivity contribution in [1.82, 2.24) is 4.90 Å². The molecule has 2 N–H and O–H groups in total. The Morgan fingerprint density at radius 1 is 1.20 bits per heavy atom. The molecule has 2 heteroatoms. The van der Waals surface area contributed by atoms with Crippen LogP contribution >= 0.6 is 0 Å². The minimum absolute atomic E-state index is 0.465. The summed E-state index contributed by atoms with van der Waals surface area (Å²) in [6.07, 6.45) is 8.23. The Morgan fingerprint density at radius 2 is 1.87 bits per heavy atom. The number of nitrogens with two attached hydrogens (primary N) is 1. The first-order valence-corrected chi connectivity index (χ1v) is 6.64. The summed E-state index contributed by atoms with van der Waals surface area (Å²) in [4.78, 5) is 2.55. The van der Waals surface area contributed by atoms with Crippen LogP contribution in [0.2, 0.25) is 0 Å². The molecule has 88 valence electrons. The van der Waals surface area contributed by atoms with E-state index in [0.717, 1.165) is 17.9 Å². The van der Waals surface area contributed by atoms with Crippen LogP contribution in [0.4, 0.5) is 0 Å². The van der Waals surface area contributed by atoms with Crippen molar-refractivity contribution in [2.24, 2.45) is 17.6 Å². The molecule has 2 aliphatic rings. The van der Waals surface area contributed by atoms with Gasteiger partial charge in [0.25, 0.3) is 0 Å². The fourth-order valence-electron chi connectivity index (χ4n) is 2.94. The van der Waals surface area contributed by atoms with Gasteiger partial charge in [0.05, 0.1) is 0 Å². The van der Waals surface area contributed by atoms with Crippen molar-refractivity contribution in [3.05, 3.63) is 0 Å². The smallest absolute Gasteiger partial charge is 0.00922 e. The summed E-state index contributed by atoms with van der Waals surface area (Å²) < 4.78 is 0. The number of nitrogens with zero attached hydrogens (tertiary/aromatic N) is 1. The van der Waals surface area contributed by atoms with Crippen LogP contribution in [0.25, 0.3) is 0 Å². The highest BCUT2D eigenvalue weighted by molar-refractivity contribution is 4.87. The van der Waals surface area contributed by atoms with E-state index in [2.05, 4.69) is 18.9 Å². The van der Waals surface area contributed by atoms with Gasteiger partial charge in [0, 0.05) is 18.6 Å². The third-order valence-electron chi connectivity index (χ3n) is 4.49. The molecular formula is C13H26N2. The van der Waals surface area contributed by atoms with Crippen molar-refractivity contribution in [3.63, 3.8) is 0 Å². The maximum Gasteiger partial charge on any atom is 0.00922 e. The zero-order chi connectivity index (χ0) is 10.8. The number of hydrogen-bond donors (Lipinski definition) is 1. The van der Waals surface area contributed by atoms with E-state index in [0.29, 0.717) is 6.04 Å². The monoisotopic (exact) mass is 210 g/mol. The molecule has 0 aromatic carbocycles. The van der Waals surface area contributed by atoms with Gasteiger partial charge in [0.2, 0.25) is 0 Å². The molecule has 0 amide bonds. The molecule has 0 saturated heterocycles. The SMILES string of the molecule is CC(C1CC1)N(C)CC1CCCCC1N. The highest BCUT2D eigenvalue weighted by atomic mass is 15.1. The van der Waals surface area contributed by atoms with Gasteiger partial charge in [-0.3, -0.25) is 0 Å². The van der Waals surface area contributed by atoms with Gasteiger partial charge in [0.1, 0.15) is 0 Å². The van der Waals surface area contributed by atoms with Crippen LogP contribution in [0.1, 0.15) is 45.4 Å². The Balaban J connectivity index is 1.78. The predicted octanol–water partition coefficient (Wildman–Crippen LogP) is 2.23. The molecule has 0 aliphatic heterocycles. The Kier molecular flexibility index (Phi) is 3.68. The molecule has 2 saturated carbocycles. The molecule has 3 unspecified atom stereocenters. The van der Waals surface area contributed by atoms with E-state index in [1.165, 1.54) is 45.1 Å². The molecule has 0 aromatic heterocycles. The first-order valence-electron chi connectivity index (χ1n) is 6.64. The molecule has 0 radical (unpaired) electrons. The molecule has 2 rings (SSSR count). The summed E-state index contributed by atoms with van der Waals surface area (Å²) >= 11 is 0. The maximum atomic E-state index is 6.19. The highest BCUT2D eigenvalue weighted by Crippen LogP contribution is 2.35. The molecule has 0 bridgehead atoms. The van der Waals surface area contributed by atoms with Crippen molar-refractivity contribution in [2.75, 3.05) is 13.6 Å². The Hall–Kier alpha value is -0.0800. The molecule has 0 aromatic rings. The van der Waals surface area contributed by atoms with Crippen molar-refractivity contribution < 1.29 is 0 Å². The second-order valence-electron chi connectivity index (χ2n) is 5.73. The second kappa shape index (κ2) is 4.84. The van der Waals surface area contributed by atoms with Gasteiger partial charge in [-0.1, -0.05) is 12.8 Å². The lowest BCUT2D eigenvalue weighted by Crippen LogP contribution is -2.43. The fourth-order valence-corrected chi connectivity index (χ4v) is 2.94. The molecule has 2 aliphatic carbocycles. The summed E-state index contributed by atoms with van der Waals surface area (Å²) in [6, 6.07) is 1.24. The van der Waals surface area contributed by atoms with E-state index in [1.807, 2.05) is 0 Å². The summed E-state index contributed by atoms with van der Waals surface area (Å²) in [5, 5.41) is 0. The minimum atomic E-state index is 0.465. The van der Waals surface area contributed by atoms with Crippen LogP contribution in [0.15, 0.2) is 0 Å². The first-order chi connectivity index (χ1) is 7.18. The third kappa shape index (κ3) is 2.94. The van der Waals surface area contributed by atoms with E-state index < -0.39 is 0 Å². The summed E-state index contributed by atoms with van der Waals surface area (Å²) in [6.45, 7) is 3.60. The number of rotatable bonds is 4. The van der Waals surface area contributed by atoms with E-state index in [1.54, 1.807) is 0 Å². The molecule has 0 heterocycles. The van der Waals surface area contributed by atoms with Gasteiger partial charge >= 0.3 is 0 Å². The largest absolute Gasteiger partial charge is 0.327 e. The third-order valence-corrected chi connectivity index (χ3v) is 4.49. The zero-order valence-corrected chi connectivity index (χ0v) is 10.3. The Labute approximate surface area is 94.2 Å². The number of hydrogen-bond acceptors (Lipinski definition) is 2. The normalized spacial score (nSPS) is 34.4. The lowest BCUT2D eigenvalue weighted by atomic mass is 9.84. The predicted molar refractivity (Wildman–Crippen MR) is 64.7 cm³/mol. The van der Waals surface area contributed by atoms with Crippen molar-refractivity contribution >= 4 is 0 Å². The molecule has 2 nitrogen and oxygen atoms in total. The average molecular weight is 210 g/mol. The van der Waals surface area contributed by atoms with Crippen LogP contribution in [-0.4, -0.2) is 30.6 Å². The van der Waals surface area contributed by atoms with Crippen molar-refractivity contribution in [2.45, 2.75) is 57.5 Å². The minimum Gasteiger partial charge on any atom is -0.327 e. The second-order valence-corrected chi connectivity index (χ2v) is 5.73. The van der Waals surface area contributed by atoms with E-state index in [-0.39, 0.29) is 0 Å². The van der Waals surface area contributed by atoms with Crippen molar-refractivity contribution in [3.8, 4) is 0 Å². The quantitative estimate of drug-likeness (QED) is 0.771. The van der Waals surface area contributed by atoms with Gasteiger partial charge in [-0.2, -0.15) is 0 Å². The zero-order valence-electron chi connectivity index (χ0n) is 10.3. The van der Waals surface area contributed by atoms with Gasteiger partial charge in [-0.25, -0.2) is 0 Å². The molecule has 0 spiro atoms. The van der Waals surface area contributed by atoms with E-state index >= 15 is 0 Å². The van der Waals surface area contributed by atoms with E-state index in [9.17, 15) is 0 Å². The van der Waals surface area contributed by atoms with Crippen LogP contribution in [0.5, 0.6) is 0 Å². The molecule has 15 heavy (non-hydrogen) atoms. The maximum absolute atomic E-state index is 6.19. The van der Waals surface area contributed by atoms with Crippen LogP contribution in [0.3, 0.4) is 0 Å². The Morgan fingerprint density at radius 3 is 2.47 bits per heavy atom. The fraction of sp³-hybridized carbons (Fsp3) is 1.00. The van der Waals surface area contributed by atoms with Crippen LogP contribution < -0.4 is 5.73 Å². The summed E-state index contributed by atoms with van der Waals surface area (Å²) in [5.41, 5.74) is 6.19. The van der Waals surface area contributed by atoms with Crippen molar-refractivity contribution in [1.29, 1.82) is 0 Å². The topological polar surface area (TPSA) is 29.3 Å². The first kappa shape index (κ1) is 11.4. The van der Waals surface area contributed by atoms with Gasteiger partial charge in [-0.15, -0.1) is 0 Å².